The van der Waals surface area contributed by atoms with E-state index < -0.39 is 21.7 Å². The van der Waals surface area contributed by atoms with Crippen molar-refractivity contribution in [2.45, 2.75) is 18.2 Å². The Bertz CT molecular complexity index is 1040. The summed E-state index contributed by atoms with van der Waals surface area (Å²) in [7, 11) is -3.69. The Morgan fingerprint density at radius 3 is 2.31 bits per heavy atom. The number of carbonyl (C=O) groups excluding carboxylic acids is 2. The van der Waals surface area contributed by atoms with E-state index in [9.17, 15) is 18.0 Å². The Morgan fingerprint density at radius 2 is 1.76 bits per heavy atom. The lowest BCUT2D eigenvalue weighted by Crippen LogP contribution is -2.24. The third kappa shape index (κ3) is 6.61. The van der Waals surface area contributed by atoms with Crippen LogP contribution < -0.4 is 21.5 Å². The van der Waals surface area contributed by atoms with Crippen LogP contribution in [0.1, 0.15) is 22.8 Å². The first kappa shape index (κ1) is 21.9. The lowest BCUT2D eigenvalue weighted by Gasteiger charge is -2.12. The monoisotopic (exact) mass is 418 g/mol. The maximum atomic E-state index is 12.2. The summed E-state index contributed by atoms with van der Waals surface area (Å²) in [6.45, 7) is 1.96. The molecule has 2 aromatic carbocycles. The number of nitrogens with zero attached hydrogens (tertiary/aromatic N) is 1. The van der Waals surface area contributed by atoms with Crippen LogP contribution in [-0.2, 0) is 21.1 Å². The SMILES string of the molecule is CC(=O)NCCc1ccc(Oc2ccc(C(=O)N=C(N)N)cc2S(C)(=O)=O)cc1. The molecule has 5 N–H and O–H groups in total. The van der Waals surface area contributed by atoms with Gasteiger partial charge in [0.05, 0.1) is 0 Å². The summed E-state index contributed by atoms with van der Waals surface area (Å²) in [5.41, 5.74) is 11.4. The van der Waals surface area contributed by atoms with Gasteiger partial charge in [0.15, 0.2) is 15.8 Å². The van der Waals surface area contributed by atoms with Gasteiger partial charge in [0.1, 0.15) is 16.4 Å². The summed E-state index contributed by atoms with van der Waals surface area (Å²) in [4.78, 5) is 26.1. The Labute approximate surface area is 168 Å². The summed E-state index contributed by atoms with van der Waals surface area (Å²) >= 11 is 0. The van der Waals surface area contributed by atoms with Gasteiger partial charge in [-0.15, -0.1) is 0 Å². The van der Waals surface area contributed by atoms with Gasteiger partial charge < -0.3 is 21.5 Å². The maximum absolute atomic E-state index is 12.2. The summed E-state index contributed by atoms with van der Waals surface area (Å²) in [6, 6.07) is 10.9. The standard InChI is InChI=1S/C19H22N4O5S/c1-12(24)22-10-9-13-3-6-15(7-4-13)28-16-8-5-14(18(25)23-19(20)21)11-17(16)29(2,26)27/h3-8,11H,9-10H2,1-2H3,(H,22,24)(H4,20,21,23,25). The third-order valence-electron chi connectivity index (χ3n) is 3.76. The van der Waals surface area contributed by atoms with Crippen LogP contribution in [0.3, 0.4) is 0 Å². The van der Waals surface area contributed by atoms with Crippen molar-refractivity contribution in [3.05, 3.63) is 53.6 Å². The summed E-state index contributed by atoms with van der Waals surface area (Å²) in [5.74, 6) is -0.791. The number of amides is 2. The number of sulfone groups is 1. The molecule has 0 aliphatic carbocycles. The summed E-state index contributed by atoms with van der Waals surface area (Å²) in [5, 5.41) is 2.71. The van der Waals surface area contributed by atoms with Crippen molar-refractivity contribution < 1.29 is 22.7 Å². The lowest BCUT2D eigenvalue weighted by molar-refractivity contribution is -0.118. The summed E-state index contributed by atoms with van der Waals surface area (Å²) < 4.78 is 30.0. The number of hydrogen-bond acceptors (Lipinski definition) is 5. The molecule has 0 radical (unpaired) electrons. The van der Waals surface area contributed by atoms with Gasteiger partial charge in [-0.25, -0.2) is 8.42 Å². The molecule has 0 aliphatic rings. The zero-order valence-corrected chi connectivity index (χ0v) is 16.8. The normalized spacial score (nSPS) is 10.8. The van der Waals surface area contributed by atoms with Crippen molar-refractivity contribution in [1.82, 2.24) is 5.32 Å². The van der Waals surface area contributed by atoms with Gasteiger partial charge in [0.25, 0.3) is 5.91 Å². The van der Waals surface area contributed by atoms with E-state index in [4.69, 9.17) is 16.2 Å². The minimum atomic E-state index is -3.69. The molecule has 29 heavy (non-hydrogen) atoms. The number of benzene rings is 2. The van der Waals surface area contributed by atoms with Gasteiger partial charge in [-0.1, -0.05) is 12.1 Å². The molecule has 10 heteroatoms. The second kappa shape index (κ2) is 9.20. The topological polar surface area (TPSA) is 154 Å². The van der Waals surface area contributed by atoms with Gasteiger partial charge in [-0.2, -0.15) is 4.99 Å². The van der Waals surface area contributed by atoms with Crippen LogP contribution >= 0.6 is 0 Å². The molecule has 2 aromatic rings. The van der Waals surface area contributed by atoms with Gasteiger partial charge in [-0.05, 0) is 42.3 Å². The summed E-state index contributed by atoms with van der Waals surface area (Å²) in [6.07, 6.45) is 1.66. The number of rotatable bonds is 7. The van der Waals surface area contributed by atoms with Crippen LogP contribution in [0.25, 0.3) is 0 Å². The molecule has 154 valence electrons. The highest BCUT2D eigenvalue weighted by Crippen LogP contribution is 2.30. The van der Waals surface area contributed by atoms with E-state index in [1.807, 2.05) is 12.1 Å². The van der Waals surface area contributed by atoms with E-state index in [0.717, 1.165) is 11.8 Å². The molecule has 0 saturated heterocycles. The van der Waals surface area contributed by atoms with Gasteiger partial charge >= 0.3 is 0 Å². The molecular formula is C19H22N4O5S. The van der Waals surface area contributed by atoms with Crippen molar-refractivity contribution >= 4 is 27.6 Å². The molecule has 0 aliphatic heterocycles. The van der Waals surface area contributed by atoms with Crippen molar-refractivity contribution in [3.63, 3.8) is 0 Å². The maximum Gasteiger partial charge on any atom is 0.280 e. The second-order valence-corrected chi connectivity index (χ2v) is 8.24. The fourth-order valence-corrected chi connectivity index (χ4v) is 3.25. The minimum Gasteiger partial charge on any atom is -0.456 e. The van der Waals surface area contributed by atoms with Crippen molar-refractivity contribution in [3.8, 4) is 11.5 Å². The predicted octanol–water partition coefficient (Wildman–Crippen LogP) is 0.975. The quantitative estimate of drug-likeness (QED) is 0.447. The molecule has 2 rings (SSSR count). The minimum absolute atomic E-state index is 0.0134. The first-order valence-electron chi connectivity index (χ1n) is 8.55. The number of nitrogens with two attached hydrogens (primary N) is 2. The number of carbonyl (C=O) groups is 2. The van der Waals surface area contributed by atoms with Crippen molar-refractivity contribution in [1.29, 1.82) is 0 Å². The highest BCUT2D eigenvalue weighted by atomic mass is 32.2. The van der Waals surface area contributed by atoms with E-state index in [1.54, 1.807) is 12.1 Å². The lowest BCUT2D eigenvalue weighted by atomic mass is 10.1. The number of ether oxygens (including phenoxy) is 1. The number of guanidine groups is 1. The molecule has 0 unspecified atom stereocenters. The van der Waals surface area contributed by atoms with E-state index in [0.29, 0.717) is 18.7 Å². The second-order valence-electron chi connectivity index (χ2n) is 6.25. The molecule has 0 saturated carbocycles. The van der Waals surface area contributed by atoms with Crippen LogP contribution in [-0.4, -0.2) is 39.0 Å². The fraction of sp³-hybridized carbons (Fsp3) is 0.211. The molecule has 2 amide bonds. The molecule has 0 aromatic heterocycles. The molecule has 0 atom stereocenters. The molecule has 9 nitrogen and oxygen atoms in total. The highest BCUT2D eigenvalue weighted by Gasteiger charge is 2.18. The Balaban J connectivity index is 2.24. The van der Waals surface area contributed by atoms with E-state index in [-0.39, 0.29) is 22.1 Å². The van der Waals surface area contributed by atoms with Crippen LogP contribution in [0.2, 0.25) is 0 Å². The highest BCUT2D eigenvalue weighted by molar-refractivity contribution is 7.90. The average molecular weight is 418 g/mol. The molecule has 0 heterocycles. The number of nitrogens with one attached hydrogen (secondary N) is 1. The molecule has 0 fully saturated rings. The molecular weight excluding hydrogens is 396 g/mol. The van der Waals surface area contributed by atoms with Crippen LogP contribution in [0.15, 0.2) is 52.4 Å². The Morgan fingerprint density at radius 1 is 1.10 bits per heavy atom. The van der Waals surface area contributed by atoms with Crippen LogP contribution in [0, 0.1) is 0 Å². The smallest absolute Gasteiger partial charge is 0.280 e. The van der Waals surface area contributed by atoms with E-state index >= 15 is 0 Å². The van der Waals surface area contributed by atoms with Crippen LogP contribution in [0.5, 0.6) is 11.5 Å². The third-order valence-corrected chi connectivity index (χ3v) is 4.88. The fourth-order valence-electron chi connectivity index (χ4n) is 2.43. The first-order chi connectivity index (χ1) is 13.6. The first-order valence-corrected chi connectivity index (χ1v) is 10.4. The molecule has 0 bridgehead atoms. The molecule has 0 spiro atoms. The Kier molecular flexibility index (Phi) is 6.94. The Hall–Kier alpha value is -3.40. The number of aliphatic imine (C=N–C) groups is 1. The average Bonchev–Trinajstić information content (AvgIpc) is 2.61. The van der Waals surface area contributed by atoms with Gasteiger partial charge in [-0.3, -0.25) is 9.59 Å². The van der Waals surface area contributed by atoms with E-state index in [1.165, 1.54) is 25.1 Å². The van der Waals surface area contributed by atoms with E-state index in [2.05, 4.69) is 10.3 Å². The van der Waals surface area contributed by atoms with Crippen molar-refractivity contribution in [2.75, 3.05) is 12.8 Å². The zero-order chi connectivity index (χ0) is 21.6. The van der Waals surface area contributed by atoms with Crippen LogP contribution in [0.4, 0.5) is 0 Å². The predicted molar refractivity (Wildman–Crippen MR) is 109 cm³/mol. The zero-order valence-electron chi connectivity index (χ0n) is 16.0. The largest absolute Gasteiger partial charge is 0.456 e. The van der Waals surface area contributed by atoms with Crippen molar-refractivity contribution in [2.24, 2.45) is 16.5 Å². The van der Waals surface area contributed by atoms with Gasteiger partial charge in [0.2, 0.25) is 5.91 Å². The van der Waals surface area contributed by atoms with Gasteiger partial charge in [0, 0.05) is 25.3 Å². The number of hydrogen-bond donors (Lipinski definition) is 3.